The van der Waals surface area contributed by atoms with Crippen molar-refractivity contribution in [3.63, 3.8) is 0 Å². The van der Waals surface area contributed by atoms with E-state index in [0.717, 1.165) is 6.42 Å². The van der Waals surface area contributed by atoms with Crippen molar-refractivity contribution in [2.75, 3.05) is 0 Å². The number of hydrogen-bond acceptors (Lipinski definition) is 0. The van der Waals surface area contributed by atoms with Gasteiger partial charge in [-0.1, -0.05) is 50.5 Å². The van der Waals surface area contributed by atoms with Crippen LogP contribution in [0.1, 0.15) is 43.7 Å². The Morgan fingerprint density at radius 1 is 1.00 bits per heavy atom. The molecule has 0 saturated heterocycles. The van der Waals surface area contributed by atoms with E-state index in [1.807, 2.05) is 6.07 Å². The number of rotatable bonds is 6. The Balaban J connectivity index is 2.41. The van der Waals surface area contributed by atoms with Crippen LogP contribution in [-0.2, 0) is 13.0 Å². The molecule has 0 aliphatic heterocycles. The number of aryl methyl sites for hydroxylation is 1. The monoisotopic (exact) mass is 190 g/mol. The van der Waals surface area contributed by atoms with Crippen LogP contribution in [0.4, 0.5) is 0 Å². The molecule has 1 rings (SSSR count). The second-order valence-corrected chi connectivity index (χ2v) is 3.76. The van der Waals surface area contributed by atoms with Crippen molar-refractivity contribution in [2.45, 2.75) is 45.6 Å². The Bertz CT molecular complexity index is 255. The van der Waals surface area contributed by atoms with Gasteiger partial charge in [-0.05, 0) is 24.0 Å². The van der Waals surface area contributed by atoms with Crippen LogP contribution in [0.15, 0.2) is 24.3 Å². The van der Waals surface area contributed by atoms with E-state index in [-0.39, 0.29) is 0 Å². The van der Waals surface area contributed by atoms with Crippen LogP contribution in [0.25, 0.3) is 0 Å². The highest BCUT2D eigenvalue weighted by Gasteiger charge is 1.99. The summed E-state index contributed by atoms with van der Waals surface area (Å²) in [7, 11) is 0. The van der Waals surface area contributed by atoms with Crippen molar-refractivity contribution in [3.8, 4) is 0 Å². The molecule has 77 valence electrons. The lowest BCUT2D eigenvalue weighted by molar-refractivity contribution is 0.664. The average molecular weight is 190 g/mol. The van der Waals surface area contributed by atoms with Crippen LogP contribution in [0.5, 0.6) is 0 Å². The average Bonchev–Trinajstić information content (AvgIpc) is 2.25. The third-order valence-electron chi connectivity index (χ3n) is 2.61. The highest BCUT2D eigenvalue weighted by molar-refractivity contribution is 5.26. The lowest BCUT2D eigenvalue weighted by Crippen LogP contribution is -1.94. The number of benzene rings is 1. The van der Waals surface area contributed by atoms with Gasteiger partial charge in [-0.15, -0.1) is 0 Å². The molecule has 1 aromatic rings. The number of nitrogens with one attached hydrogen (secondary N) is 1. The number of unbranched alkanes of at least 4 members (excludes halogenated alkanes) is 3. The van der Waals surface area contributed by atoms with Crippen molar-refractivity contribution in [1.29, 1.82) is 0 Å². The van der Waals surface area contributed by atoms with Crippen molar-refractivity contribution in [2.24, 2.45) is 0 Å². The minimum absolute atomic E-state index is 0.421. The summed E-state index contributed by atoms with van der Waals surface area (Å²) >= 11 is 0. The van der Waals surface area contributed by atoms with E-state index < -0.39 is 0 Å². The highest BCUT2D eigenvalue weighted by Crippen LogP contribution is 2.12. The summed E-state index contributed by atoms with van der Waals surface area (Å²) in [4.78, 5) is 0. The molecule has 0 unspecified atom stereocenters. The zero-order valence-electron chi connectivity index (χ0n) is 9.05. The zero-order chi connectivity index (χ0) is 10.2. The van der Waals surface area contributed by atoms with Crippen LogP contribution in [0.2, 0.25) is 0 Å². The second-order valence-electron chi connectivity index (χ2n) is 3.76. The molecule has 1 nitrogen and oxygen atoms in total. The fraction of sp³-hybridized carbons (Fsp3) is 0.538. The van der Waals surface area contributed by atoms with Gasteiger partial charge in [0.15, 0.2) is 0 Å². The van der Waals surface area contributed by atoms with Crippen LogP contribution in [0, 0.1) is 0 Å². The van der Waals surface area contributed by atoms with Gasteiger partial charge in [-0.2, -0.15) is 0 Å². The van der Waals surface area contributed by atoms with Gasteiger partial charge in [0.05, 0.1) is 0 Å². The first kappa shape index (κ1) is 11.3. The van der Waals surface area contributed by atoms with Gasteiger partial charge < -0.3 is 0 Å². The van der Waals surface area contributed by atoms with Crippen LogP contribution in [-0.4, -0.2) is 0 Å². The zero-order valence-corrected chi connectivity index (χ0v) is 9.05. The predicted octanol–water partition coefficient (Wildman–Crippen LogP) is 3.59. The molecule has 0 spiro atoms. The lowest BCUT2D eigenvalue weighted by atomic mass is 10.0. The topological polar surface area (TPSA) is 23.8 Å². The van der Waals surface area contributed by atoms with Crippen molar-refractivity contribution in [1.82, 2.24) is 5.73 Å². The third-order valence-corrected chi connectivity index (χ3v) is 2.61. The Morgan fingerprint density at radius 2 is 1.71 bits per heavy atom. The normalized spacial score (nSPS) is 10.4. The quantitative estimate of drug-likeness (QED) is 0.612. The summed E-state index contributed by atoms with van der Waals surface area (Å²) in [5.41, 5.74) is 9.97. The maximum absolute atomic E-state index is 7.40. The minimum atomic E-state index is 0.421. The lowest BCUT2D eigenvalue weighted by Gasteiger charge is -2.06. The summed E-state index contributed by atoms with van der Waals surface area (Å²) in [6.07, 6.45) is 6.37. The van der Waals surface area contributed by atoms with Gasteiger partial charge in [-0.3, -0.25) is 5.73 Å². The molecule has 1 aromatic carbocycles. The predicted molar refractivity (Wildman–Crippen MR) is 61.1 cm³/mol. The molecular weight excluding hydrogens is 170 g/mol. The third kappa shape index (κ3) is 3.51. The maximum atomic E-state index is 7.40. The van der Waals surface area contributed by atoms with Gasteiger partial charge in [0, 0.05) is 6.54 Å². The fourth-order valence-electron chi connectivity index (χ4n) is 1.72. The molecule has 0 aliphatic rings. The van der Waals surface area contributed by atoms with E-state index >= 15 is 0 Å². The number of hydrogen-bond donors (Lipinski definition) is 0. The van der Waals surface area contributed by atoms with E-state index in [2.05, 4.69) is 25.1 Å². The summed E-state index contributed by atoms with van der Waals surface area (Å²) < 4.78 is 0. The molecule has 0 amide bonds. The molecule has 0 saturated carbocycles. The largest absolute Gasteiger partial charge is 0.253 e. The van der Waals surface area contributed by atoms with Gasteiger partial charge in [0.25, 0.3) is 0 Å². The molecule has 0 atom stereocenters. The molecular formula is C13H20N. The van der Waals surface area contributed by atoms with E-state index in [1.165, 1.54) is 36.8 Å². The Kier molecular flexibility index (Phi) is 5.31. The van der Waals surface area contributed by atoms with Crippen molar-refractivity contribution >= 4 is 0 Å². The molecule has 0 aliphatic carbocycles. The first-order valence-corrected chi connectivity index (χ1v) is 5.60. The first-order chi connectivity index (χ1) is 6.88. The summed E-state index contributed by atoms with van der Waals surface area (Å²) in [5, 5.41) is 0. The van der Waals surface area contributed by atoms with Crippen LogP contribution in [0.3, 0.4) is 0 Å². The fourth-order valence-corrected chi connectivity index (χ4v) is 1.72. The minimum Gasteiger partial charge on any atom is -0.253 e. The molecule has 0 bridgehead atoms. The summed E-state index contributed by atoms with van der Waals surface area (Å²) in [6, 6.07) is 8.34. The molecule has 1 heteroatoms. The van der Waals surface area contributed by atoms with Crippen LogP contribution < -0.4 is 5.73 Å². The Labute approximate surface area is 87.3 Å². The van der Waals surface area contributed by atoms with Crippen molar-refractivity contribution < 1.29 is 0 Å². The maximum Gasteiger partial charge on any atom is 0.0353 e. The second kappa shape index (κ2) is 6.61. The Hall–Kier alpha value is -0.820. The Morgan fingerprint density at radius 3 is 2.36 bits per heavy atom. The van der Waals surface area contributed by atoms with Gasteiger partial charge in [-0.25, -0.2) is 0 Å². The van der Waals surface area contributed by atoms with E-state index in [4.69, 9.17) is 5.73 Å². The molecule has 1 radical (unpaired) electrons. The molecule has 1 N–H and O–H groups in total. The standard InChI is InChI=1S/C13H20N/c1-2-3-4-5-8-12-9-6-7-10-13(12)11-14/h6-7,9-10,14H,2-5,8,11H2,1H3. The summed E-state index contributed by atoms with van der Waals surface area (Å²) in [5.74, 6) is 0. The summed E-state index contributed by atoms with van der Waals surface area (Å²) in [6.45, 7) is 2.65. The molecule has 0 fully saturated rings. The molecule has 0 aromatic heterocycles. The molecule has 0 heterocycles. The first-order valence-electron chi connectivity index (χ1n) is 5.60. The van der Waals surface area contributed by atoms with Gasteiger partial charge >= 0.3 is 0 Å². The molecule has 14 heavy (non-hydrogen) atoms. The van der Waals surface area contributed by atoms with Crippen LogP contribution >= 0.6 is 0 Å². The van der Waals surface area contributed by atoms with Crippen molar-refractivity contribution in [3.05, 3.63) is 35.4 Å². The SMILES string of the molecule is CCCCCCc1ccccc1C[NH]. The van der Waals surface area contributed by atoms with E-state index in [1.54, 1.807) is 0 Å². The van der Waals surface area contributed by atoms with Gasteiger partial charge in [0.1, 0.15) is 0 Å². The van der Waals surface area contributed by atoms with E-state index in [0.29, 0.717) is 6.54 Å². The van der Waals surface area contributed by atoms with E-state index in [9.17, 15) is 0 Å². The van der Waals surface area contributed by atoms with Gasteiger partial charge in [0.2, 0.25) is 0 Å². The smallest absolute Gasteiger partial charge is 0.0353 e. The highest BCUT2D eigenvalue weighted by atomic mass is 14.5.